The van der Waals surface area contributed by atoms with E-state index < -0.39 is 5.82 Å². The number of benzene rings is 1. The standard InChI is InChI=1S/C20H33FO2/c1-2-3-4-5-6-7-8-9-10-11-12-13-16-23-18-14-15-20(22)19(21)17-18/h14-15,17,22H,2-13,16H2,1H3. The lowest BCUT2D eigenvalue weighted by Gasteiger charge is -2.07. The summed E-state index contributed by atoms with van der Waals surface area (Å²) in [4.78, 5) is 0. The van der Waals surface area contributed by atoms with Crippen molar-refractivity contribution in [2.24, 2.45) is 0 Å². The molecule has 0 atom stereocenters. The van der Waals surface area contributed by atoms with Crippen LogP contribution in [0, 0.1) is 5.82 Å². The van der Waals surface area contributed by atoms with Gasteiger partial charge in [-0.25, -0.2) is 4.39 Å². The molecule has 0 radical (unpaired) electrons. The van der Waals surface area contributed by atoms with Crippen LogP contribution in [0.15, 0.2) is 18.2 Å². The molecule has 0 aromatic heterocycles. The number of ether oxygens (including phenoxy) is 1. The van der Waals surface area contributed by atoms with Crippen molar-refractivity contribution in [3.8, 4) is 11.5 Å². The average Bonchev–Trinajstić information content (AvgIpc) is 2.55. The van der Waals surface area contributed by atoms with Gasteiger partial charge in [-0.2, -0.15) is 0 Å². The highest BCUT2D eigenvalue weighted by atomic mass is 19.1. The summed E-state index contributed by atoms with van der Waals surface area (Å²) in [5.74, 6) is -0.469. The molecule has 0 saturated heterocycles. The van der Waals surface area contributed by atoms with Gasteiger partial charge in [0, 0.05) is 6.07 Å². The first-order valence-electron chi connectivity index (χ1n) is 9.35. The first-order chi connectivity index (χ1) is 11.2. The Bertz CT molecular complexity index is 407. The van der Waals surface area contributed by atoms with E-state index in [9.17, 15) is 4.39 Å². The second-order valence-electron chi connectivity index (χ2n) is 6.35. The van der Waals surface area contributed by atoms with Crippen molar-refractivity contribution in [3.05, 3.63) is 24.0 Å². The van der Waals surface area contributed by atoms with Crippen LogP contribution in [0.5, 0.6) is 11.5 Å². The lowest BCUT2D eigenvalue weighted by atomic mass is 10.1. The molecule has 132 valence electrons. The van der Waals surface area contributed by atoms with Gasteiger partial charge < -0.3 is 9.84 Å². The number of rotatable bonds is 14. The van der Waals surface area contributed by atoms with Crippen molar-refractivity contribution in [3.63, 3.8) is 0 Å². The third-order valence-electron chi connectivity index (χ3n) is 4.19. The monoisotopic (exact) mass is 324 g/mol. The number of unbranched alkanes of at least 4 members (excludes halogenated alkanes) is 11. The number of aromatic hydroxyl groups is 1. The first-order valence-corrected chi connectivity index (χ1v) is 9.35. The summed E-state index contributed by atoms with van der Waals surface area (Å²) in [7, 11) is 0. The van der Waals surface area contributed by atoms with Crippen LogP contribution in [0.1, 0.15) is 84.0 Å². The second-order valence-corrected chi connectivity index (χ2v) is 6.35. The normalized spacial score (nSPS) is 10.9. The lowest BCUT2D eigenvalue weighted by molar-refractivity contribution is 0.301. The van der Waals surface area contributed by atoms with E-state index in [1.807, 2.05) is 0 Å². The van der Waals surface area contributed by atoms with Crippen LogP contribution in [0.3, 0.4) is 0 Å². The van der Waals surface area contributed by atoms with Crippen molar-refractivity contribution < 1.29 is 14.2 Å². The number of phenolic OH excluding ortho intramolecular Hbond substituents is 1. The van der Waals surface area contributed by atoms with Crippen molar-refractivity contribution in [2.45, 2.75) is 84.0 Å². The Labute approximate surface area is 141 Å². The Hall–Kier alpha value is -1.25. The molecule has 0 bridgehead atoms. The average molecular weight is 324 g/mol. The Balaban J connectivity index is 1.85. The number of halogens is 1. The Kier molecular flexibility index (Phi) is 11.4. The van der Waals surface area contributed by atoms with Gasteiger partial charge in [0.05, 0.1) is 6.61 Å². The molecule has 0 aliphatic carbocycles. The molecule has 0 amide bonds. The zero-order valence-electron chi connectivity index (χ0n) is 14.7. The zero-order valence-corrected chi connectivity index (χ0v) is 14.7. The van der Waals surface area contributed by atoms with E-state index in [0.29, 0.717) is 12.4 Å². The molecule has 2 nitrogen and oxygen atoms in total. The fraction of sp³-hybridized carbons (Fsp3) is 0.700. The number of hydrogen-bond acceptors (Lipinski definition) is 2. The number of hydrogen-bond donors (Lipinski definition) is 1. The molecule has 3 heteroatoms. The summed E-state index contributed by atoms with van der Waals surface area (Å²) >= 11 is 0. The van der Waals surface area contributed by atoms with E-state index in [1.165, 1.54) is 76.3 Å². The predicted octanol–water partition coefficient (Wildman–Crippen LogP) is 6.61. The quantitative estimate of drug-likeness (QED) is 0.390. The topological polar surface area (TPSA) is 29.5 Å². The Morgan fingerprint density at radius 2 is 1.35 bits per heavy atom. The van der Waals surface area contributed by atoms with Crippen molar-refractivity contribution >= 4 is 0 Å². The zero-order chi connectivity index (χ0) is 16.8. The van der Waals surface area contributed by atoms with Gasteiger partial charge in [0.25, 0.3) is 0 Å². The lowest BCUT2D eigenvalue weighted by Crippen LogP contribution is -1.97. The van der Waals surface area contributed by atoms with Gasteiger partial charge in [-0.1, -0.05) is 77.6 Å². The van der Waals surface area contributed by atoms with Gasteiger partial charge in [0.2, 0.25) is 0 Å². The predicted molar refractivity (Wildman–Crippen MR) is 94.6 cm³/mol. The van der Waals surface area contributed by atoms with Gasteiger partial charge in [-0.3, -0.25) is 0 Å². The van der Waals surface area contributed by atoms with E-state index in [0.717, 1.165) is 12.8 Å². The van der Waals surface area contributed by atoms with Crippen LogP contribution >= 0.6 is 0 Å². The summed E-state index contributed by atoms with van der Waals surface area (Å²) in [5, 5.41) is 9.10. The molecule has 0 heterocycles. The molecule has 1 rings (SSSR count). The van der Waals surface area contributed by atoms with Crippen molar-refractivity contribution in [1.29, 1.82) is 0 Å². The molecule has 0 saturated carbocycles. The summed E-state index contributed by atoms with van der Waals surface area (Å²) < 4.78 is 18.6. The van der Waals surface area contributed by atoms with Gasteiger partial charge in [0.15, 0.2) is 11.6 Å². The minimum absolute atomic E-state index is 0.331. The van der Waals surface area contributed by atoms with Gasteiger partial charge in [0.1, 0.15) is 5.75 Å². The first kappa shape index (κ1) is 19.8. The van der Waals surface area contributed by atoms with Gasteiger partial charge in [-0.05, 0) is 18.6 Å². The molecular formula is C20H33FO2. The van der Waals surface area contributed by atoms with Crippen LogP contribution in [0.4, 0.5) is 4.39 Å². The third kappa shape index (κ3) is 10.2. The van der Waals surface area contributed by atoms with Crippen molar-refractivity contribution in [1.82, 2.24) is 0 Å². The fourth-order valence-electron chi connectivity index (χ4n) is 2.71. The molecular weight excluding hydrogens is 291 g/mol. The molecule has 1 aromatic carbocycles. The molecule has 1 N–H and O–H groups in total. The van der Waals surface area contributed by atoms with Crippen molar-refractivity contribution in [2.75, 3.05) is 6.61 Å². The minimum atomic E-state index is -0.628. The smallest absolute Gasteiger partial charge is 0.168 e. The number of phenols is 1. The van der Waals surface area contributed by atoms with Crippen LogP contribution in [-0.4, -0.2) is 11.7 Å². The SMILES string of the molecule is CCCCCCCCCCCCCCOc1ccc(O)c(F)c1. The summed E-state index contributed by atoms with van der Waals surface area (Å²) in [6.45, 7) is 2.87. The molecule has 0 aliphatic heterocycles. The summed E-state index contributed by atoms with van der Waals surface area (Å²) in [5.41, 5.74) is 0. The van der Waals surface area contributed by atoms with Crippen LogP contribution in [0.25, 0.3) is 0 Å². The van der Waals surface area contributed by atoms with E-state index >= 15 is 0 Å². The fourth-order valence-corrected chi connectivity index (χ4v) is 2.71. The maximum absolute atomic E-state index is 13.1. The van der Waals surface area contributed by atoms with E-state index in [1.54, 1.807) is 6.07 Å². The molecule has 0 aliphatic rings. The molecule has 23 heavy (non-hydrogen) atoms. The van der Waals surface area contributed by atoms with Crippen LogP contribution in [-0.2, 0) is 0 Å². The Morgan fingerprint density at radius 3 is 1.87 bits per heavy atom. The van der Waals surface area contributed by atoms with E-state index in [4.69, 9.17) is 9.84 Å². The Morgan fingerprint density at radius 1 is 0.826 bits per heavy atom. The molecule has 0 spiro atoms. The highest BCUT2D eigenvalue weighted by molar-refractivity contribution is 5.31. The van der Waals surface area contributed by atoms with Crippen LogP contribution < -0.4 is 4.74 Å². The van der Waals surface area contributed by atoms with Crippen LogP contribution in [0.2, 0.25) is 0 Å². The summed E-state index contributed by atoms with van der Waals surface area (Å²) in [6, 6.07) is 4.15. The van der Waals surface area contributed by atoms with Gasteiger partial charge in [-0.15, -0.1) is 0 Å². The highest BCUT2D eigenvalue weighted by Crippen LogP contribution is 2.21. The maximum Gasteiger partial charge on any atom is 0.168 e. The van der Waals surface area contributed by atoms with E-state index in [-0.39, 0.29) is 5.75 Å². The highest BCUT2D eigenvalue weighted by Gasteiger charge is 2.02. The maximum atomic E-state index is 13.1. The second kappa shape index (κ2) is 13.2. The van der Waals surface area contributed by atoms with Gasteiger partial charge >= 0.3 is 0 Å². The molecule has 1 aromatic rings. The largest absolute Gasteiger partial charge is 0.505 e. The van der Waals surface area contributed by atoms with E-state index in [2.05, 4.69) is 6.92 Å². The summed E-state index contributed by atoms with van der Waals surface area (Å²) in [6.07, 6.45) is 15.8. The molecule has 0 fully saturated rings. The minimum Gasteiger partial charge on any atom is -0.505 e. The molecule has 0 unspecified atom stereocenters. The third-order valence-corrected chi connectivity index (χ3v) is 4.19.